The lowest BCUT2D eigenvalue weighted by molar-refractivity contribution is 0.703. The number of anilines is 3. The SMILES string of the molecule is CCC(Nc1nc(N)nc(N)c1C#N)c1nn(-c2cccnc2)c2cc(Cl)ccc12. The predicted octanol–water partition coefficient (Wildman–Crippen LogP) is 3.46. The molecule has 9 nitrogen and oxygen atoms in total. The van der Waals surface area contributed by atoms with Crippen molar-refractivity contribution in [1.82, 2.24) is 24.7 Å². The van der Waals surface area contributed by atoms with Crippen molar-refractivity contribution < 1.29 is 0 Å². The topological polar surface area (TPSA) is 144 Å². The fraction of sp³-hybridized carbons (Fsp3) is 0.150. The van der Waals surface area contributed by atoms with Crippen molar-refractivity contribution in [3.05, 3.63) is 59.0 Å². The van der Waals surface area contributed by atoms with E-state index in [1.54, 1.807) is 17.1 Å². The van der Waals surface area contributed by atoms with Crippen LogP contribution in [-0.2, 0) is 0 Å². The van der Waals surface area contributed by atoms with E-state index < -0.39 is 0 Å². The van der Waals surface area contributed by atoms with E-state index in [1.165, 1.54) is 0 Å². The molecule has 0 radical (unpaired) electrons. The van der Waals surface area contributed by atoms with Crippen LogP contribution in [0.5, 0.6) is 0 Å². The molecule has 3 aromatic heterocycles. The van der Waals surface area contributed by atoms with Crippen molar-refractivity contribution in [3.63, 3.8) is 0 Å². The predicted molar refractivity (Wildman–Crippen MR) is 116 cm³/mol. The van der Waals surface area contributed by atoms with E-state index >= 15 is 0 Å². The van der Waals surface area contributed by atoms with Crippen molar-refractivity contribution >= 4 is 40.1 Å². The molecule has 10 heteroatoms. The molecular formula is C20H18ClN9. The number of aromatic nitrogens is 5. The number of pyridine rings is 1. The van der Waals surface area contributed by atoms with Gasteiger partial charge in [0, 0.05) is 16.6 Å². The zero-order valence-electron chi connectivity index (χ0n) is 16.0. The highest BCUT2D eigenvalue weighted by molar-refractivity contribution is 6.31. The van der Waals surface area contributed by atoms with Crippen molar-refractivity contribution in [3.8, 4) is 11.8 Å². The molecule has 30 heavy (non-hydrogen) atoms. The lowest BCUT2D eigenvalue weighted by Gasteiger charge is -2.17. The van der Waals surface area contributed by atoms with Crippen LogP contribution in [-0.4, -0.2) is 24.7 Å². The molecular weight excluding hydrogens is 402 g/mol. The molecule has 150 valence electrons. The zero-order valence-corrected chi connectivity index (χ0v) is 16.8. The third-order valence-corrected chi connectivity index (χ3v) is 4.91. The second-order valence-electron chi connectivity index (χ2n) is 6.58. The summed E-state index contributed by atoms with van der Waals surface area (Å²) in [5, 5.41) is 19.1. The Hall–Kier alpha value is -3.90. The van der Waals surface area contributed by atoms with Crippen molar-refractivity contribution in [2.45, 2.75) is 19.4 Å². The van der Waals surface area contributed by atoms with E-state index in [2.05, 4.69) is 20.3 Å². The van der Waals surface area contributed by atoms with Crippen LogP contribution in [0.15, 0.2) is 42.7 Å². The van der Waals surface area contributed by atoms with Gasteiger partial charge in [-0.2, -0.15) is 20.3 Å². The van der Waals surface area contributed by atoms with Gasteiger partial charge in [-0.25, -0.2) is 4.68 Å². The standard InChI is InChI=1S/C20H18ClN9/c1-2-15(26-19-14(9-22)18(23)27-20(24)28-19)17-13-6-5-11(21)8-16(13)30(29-17)12-4-3-7-25-10-12/h3-8,10,15H,2H2,1H3,(H5,23,24,26,27,28). The van der Waals surface area contributed by atoms with Gasteiger partial charge >= 0.3 is 0 Å². The molecule has 1 aromatic carbocycles. The Bertz CT molecular complexity index is 1260. The first-order valence-corrected chi connectivity index (χ1v) is 9.57. The summed E-state index contributed by atoms with van der Waals surface area (Å²) in [6.07, 6.45) is 4.09. The summed E-state index contributed by atoms with van der Waals surface area (Å²) in [6.45, 7) is 2.00. The molecule has 1 unspecified atom stereocenters. The highest BCUT2D eigenvalue weighted by atomic mass is 35.5. The summed E-state index contributed by atoms with van der Waals surface area (Å²) >= 11 is 6.25. The summed E-state index contributed by atoms with van der Waals surface area (Å²) in [5.41, 5.74) is 14.1. The molecule has 0 bridgehead atoms. The van der Waals surface area contributed by atoms with Crippen LogP contribution < -0.4 is 16.8 Å². The molecule has 0 aliphatic rings. The monoisotopic (exact) mass is 419 g/mol. The summed E-state index contributed by atoms with van der Waals surface area (Å²) in [5.74, 6) is 0.286. The number of nitrogens with one attached hydrogen (secondary N) is 1. The fourth-order valence-electron chi connectivity index (χ4n) is 3.28. The van der Waals surface area contributed by atoms with E-state index in [1.807, 2.05) is 43.3 Å². The summed E-state index contributed by atoms with van der Waals surface area (Å²) < 4.78 is 1.79. The number of benzene rings is 1. The van der Waals surface area contributed by atoms with E-state index in [9.17, 15) is 5.26 Å². The van der Waals surface area contributed by atoms with Crippen LogP contribution in [0.2, 0.25) is 5.02 Å². The van der Waals surface area contributed by atoms with E-state index in [0.717, 1.165) is 22.3 Å². The zero-order chi connectivity index (χ0) is 21.3. The molecule has 0 fully saturated rings. The van der Waals surface area contributed by atoms with Gasteiger partial charge in [-0.3, -0.25) is 4.98 Å². The maximum Gasteiger partial charge on any atom is 0.224 e. The van der Waals surface area contributed by atoms with Crippen molar-refractivity contribution in [2.24, 2.45) is 0 Å². The highest BCUT2D eigenvalue weighted by Gasteiger charge is 2.22. The number of nitrogens with two attached hydrogens (primary N) is 2. The Morgan fingerprint density at radius 3 is 2.80 bits per heavy atom. The molecule has 0 amide bonds. The van der Waals surface area contributed by atoms with Gasteiger partial charge in [0.2, 0.25) is 5.95 Å². The molecule has 0 aliphatic heterocycles. The van der Waals surface area contributed by atoms with Crippen LogP contribution >= 0.6 is 11.6 Å². The lowest BCUT2D eigenvalue weighted by Crippen LogP contribution is -2.15. The molecule has 0 saturated heterocycles. The normalized spacial score (nSPS) is 11.9. The average Bonchev–Trinajstić information content (AvgIpc) is 3.10. The number of hydrogen-bond acceptors (Lipinski definition) is 8. The number of nitrogens with zero attached hydrogens (tertiary/aromatic N) is 6. The maximum absolute atomic E-state index is 9.47. The Morgan fingerprint density at radius 1 is 1.27 bits per heavy atom. The molecule has 4 aromatic rings. The van der Waals surface area contributed by atoms with Gasteiger partial charge in [0.05, 0.1) is 29.1 Å². The third kappa shape index (κ3) is 3.44. The Kier molecular flexibility index (Phi) is 5.08. The first-order chi connectivity index (χ1) is 14.5. The van der Waals surface area contributed by atoms with Gasteiger partial charge in [-0.15, -0.1) is 0 Å². The fourth-order valence-corrected chi connectivity index (χ4v) is 3.45. The van der Waals surface area contributed by atoms with Crippen LogP contribution in [0.3, 0.4) is 0 Å². The minimum Gasteiger partial charge on any atom is -0.382 e. The number of rotatable bonds is 5. The minimum atomic E-state index is -0.271. The van der Waals surface area contributed by atoms with Crippen LogP contribution in [0.1, 0.15) is 30.6 Å². The second kappa shape index (κ2) is 7.85. The molecule has 3 heterocycles. The van der Waals surface area contributed by atoms with E-state index in [4.69, 9.17) is 28.2 Å². The lowest BCUT2D eigenvalue weighted by atomic mass is 10.1. The molecule has 1 atom stereocenters. The smallest absolute Gasteiger partial charge is 0.224 e. The molecule has 0 saturated carbocycles. The molecule has 0 spiro atoms. The van der Waals surface area contributed by atoms with Crippen molar-refractivity contribution in [1.29, 1.82) is 5.26 Å². The van der Waals surface area contributed by atoms with Crippen LogP contribution in [0.4, 0.5) is 17.6 Å². The van der Waals surface area contributed by atoms with Crippen LogP contribution in [0, 0.1) is 11.3 Å². The first kappa shape index (κ1) is 19.4. The number of nitrogen functional groups attached to an aromatic ring is 2. The van der Waals surface area contributed by atoms with Gasteiger partial charge < -0.3 is 16.8 Å². The number of hydrogen-bond donors (Lipinski definition) is 3. The van der Waals surface area contributed by atoms with Gasteiger partial charge in [-0.1, -0.05) is 18.5 Å². The number of halogens is 1. The Morgan fingerprint density at radius 2 is 2.10 bits per heavy atom. The third-order valence-electron chi connectivity index (χ3n) is 4.68. The first-order valence-electron chi connectivity index (χ1n) is 9.20. The maximum atomic E-state index is 9.47. The Labute approximate surface area is 177 Å². The van der Waals surface area contributed by atoms with Gasteiger partial charge in [0.1, 0.15) is 17.5 Å². The summed E-state index contributed by atoms with van der Waals surface area (Å²) in [6, 6.07) is 11.1. The number of nitriles is 1. The summed E-state index contributed by atoms with van der Waals surface area (Å²) in [4.78, 5) is 12.2. The van der Waals surface area contributed by atoms with Gasteiger partial charge in [0.15, 0.2) is 5.82 Å². The molecule has 5 N–H and O–H groups in total. The van der Waals surface area contributed by atoms with E-state index in [0.29, 0.717) is 11.4 Å². The molecule has 0 aliphatic carbocycles. The summed E-state index contributed by atoms with van der Waals surface area (Å²) in [7, 11) is 0. The largest absolute Gasteiger partial charge is 0.382 e. The Balaban J connectivity index is 1.85. The quantitative estimate of drug-likeness (QED) is 0.446. The molecule has 4 rings (SSSR count). The van der Waals surface area contributed by atoms with E-state index in [-0.39, 0.29) is 29.2 Å². The number of fused-ring (bicyclic) bond motifs is 1. The minimum absolute atomic E-state index is 0.0126. The average molecular weight is 420 g/mol. The highest BCUT2D eigenvalue weighted by Crippen LogP contribution is 2.32. The van der Waals surface area contributed by atoms with Crippen molar-refractivity contribution in [2.75, 3.05) is 16.8 Å². The second-order valence-corrected chi connectivity index (χ2v) is 7.01. The van der Waals surface area contributed by atoms with Gasteiger partial charge in [-0.05, 0) is 36.8 Å². The van der Waals surface area contributed by atoms with Crippen LogP contribution in [0.25, 0.3) is 16.6 Å². The van der Waals surface area contributed by atoms with Gasteiger partial charge in [0.25, 0.3) is 0 Å².